The van der Waals surface area contributed by atoms with Crippen LogP contribution in [0.25, 0.3) is 0 Å². The van der Waals surface area contributed by atoms with Crippen LogP contribution in [0, 0.1) is 12.3 Å². The Morgan fingerprint density at radius 2 is 2.04 bits per heavy atom. The molecule has 3 heterocycles. The van der Waals surface area contributed by atoms with E-state index in [2.05, 4.69) is 12.1 Å². The number of aliphatic hydroxyl groups excluding tert-OH is 1. The van der Waals surface area contributed by atoms with Gasteiger partial charge < -0.3 is 14.4 Å². The first kappa shape index (κ1) is 17.0. The zero-order valence-electron chi connectivity index (χ0n) is 14.9. The van der Waals surface area contributed by atoms with Crippen LogP contribution >= 0.6 is 0 Å². The van der Waals surface area contributed by atoms with E-state index in [1.54, 1.807) is 6.92 Å². The van der Waals surface area contributed by atoms with Crippen molar-refractivity contribution >= 4 is 5.91 Å². The Morgan fingerprint density at radius 1 is 1.27 bits per heavy atom. The summed E-state index contributed by atoms with van der Waals surface area (Å²) in [6, 6.07) is 12.8. The fraction of sp³-hybridized carbons (Fsp3) is 0.429. The summed E-state index contributed by atoms with van der Waals surface area (Å²) in [4.78, 5) is 26.7. The molecule has 0 unspecified atom stereocenters. The fourth-order valence-corrected chi connectivity index (χ4v) is 4.85. The van der Waals surface area contributed by atoms with Gasteiger partial charge in [0.15, 0.2) is 11.2 Å². The number of fused-ring (bicyclic) bond motifs is 2. The normalized spacial score (nSPS) is 27.1. The Morgan fingerprint density at radius 3 is 2.73 bits per heavy atom. The summed E-state index contributed by atoms with van der Waals surface area (Å²) in [5.74, 6) is 0.298. The van der Waals surface area contributed by atoms with Gasteiger partial charge in [-0.2, -0.15) is 0 Å². The smallest absolute Gasteiger partial charge is 0.290 e. The van der Waals surface area contributed by atoms with Gasteiger partial charge in [0.05, 0.1) is 6.61 Å². The molecular weight excluding hydrogens is 330 g/mol. The Balaban J connectivity index is 1.65. The first-order valence-electron chi connectivity index (χ1n) is 9.12. The molecule has 0 saturated carbocycles. The van der Waals surface area contributed by atoms with Gasteiger partial charge in [0, 0.05) is 29.6 Å². The number of aryl methyl sites for hydroxylation is 1. The summed E-state index contributed by atoms with van der Waals surface area (Å²) in [6.45, 7) is 1.72. The van der Waals surface area contributed by atoms with Crippen LogP contribution in [0.3, 0.4) is 0 Å². The fourth-order valence-electron chi connectivity index (χ4n) is 4.85. The summed E-state index contributed by atoms with van der Waals surface area (Å²) in [6.07, 6.45) is 3.33. The predicted octanol–water partition coefficient (Wildman–Crippen LogP) is 2.55. The molecule has 2 aliphatic rings. The van der Waals surface area contributed by atoms with Crippen molar-refractivity contribution in [3.8, 4) is 0 Å². The standard InChI is InChI=1S/C21H23NO4/c1-14-9-17(24)10-18(26-14)20(25)22-16-7-8-19(22)21(12-16,13-23)11-15-5-3-2-4-6-15/h2-6,9-10,16,19,23H,7-8,11-13H2,1H3/t16-,19+,21-/m1/s1. The molecule has 2 fully saturated rings. The summed E-state index contributed by atoms with van der Waals surface area (Å²) in [5, 5.41) is 10.2. The van der Waals surface area contributed by atoms with Crippen LogP contribution in [-0.2, 0) is 6.42 Å². The first-order chi connectivity index (χ1) is 12.5. The molecule has 2 aromatic rings. The molecule has 2 bridgehead atoms. The Hall–Kier alpha value is -2.40. The van der Waals surface area contributed by atoms with Gasteiger partial charge in [-0.05, 0) is 38.2 Å². The highest BCUT2D eigenvalue weighted by Crippen LogP contribution is 2.51. The van der Waals surface area contributed by atoms with Gasteiger partial charge in [0.1, 0.15) is 5.76 Å². The largest absolute Gasteiger partial charge is 0.456 e. The maximum Gasteiger partial charge on any atom is 0.290 e. The van der Waals surface area contributed by atoms with E-state index >= 15 is 0 Å². The van der Waals surface area contributed by atoms with E-state index in [0.29, 0.717) is 5.76 Å². The van der Waals surface area contributed by atoms with Crippen molar-refractivity contribution in [2.75, 3.05) is 6.61 Å². The van der Waals surface area contributed by atoms with Crippen molar-refractivity contribution < 1.29 is 14.3 Å². The van der Waals surface area contributed by atoms with Crippen LogP contribution in [0.15, 0.2) is 51.7 Å². The molecule has 1 amide bonds. The van der Waals surface area contributed by atoms with E-state index in [1.165, 1.54) is 17.7 Å². The molecule has 0 aliphatic carbocycles. The lowest BCUT2D eigenvalue weighted by atomic mass is 9.70. The van der Waals surface area contributed by atoms with E-state index in [0.717, 1.165) is 25.7 Å². The summed E-state index contributed by atoms with van der Waals surface area (Å²) < 4.78 is 5.52. The molecule has 1 aromatic carbocycles. The van der Waals surface area contributed by atoms with Crippen LogP contribution < -0.4 is 5.43 Å². The Bertz CT molecular complexity index is 875. The molecule has 0 spiro atoms. The third-order valence-electron chi connectivity index (χ3n) is 5.90. The second kappa shape index (κ2) is 6.40. The third kappa shape index (κ3) is 2.76. The summed E-state index contributed by atoms with van der Waals surface area (Å²) in [5.41, 5.74) is 0.620. The lowest BCUT2D eigenvalue weighted by Crippen LogP contribution is -2.44. The minimum Gasteiger partial charge on any atom is -0.456 e. The molecule has 5 heteroatoms. The zero-order chi connectivity index (χ0) is 18.3. The molecule has 5 nitrogen and oxygen atoms in total. The highest BCUT2D eigenvalue weighted by atomic mass is 16.3. The number of hydrogen-bond acceptors (Lipinski definition) is 4. The van der Waals surface area contributed by atoms with Crippen molar-refractivity contribution in [2.24, 2.45) is 5.41 Å². The van der Waals surface area contributed by atoms with E-state index in [1.807, 2.05) is 23.1 Å². The number of aliphatic hydroxyl groups is 1. The quantitative estimate of drug-likeness (QED) is 0.917. The lowest BCUT2D eigenvalue weighted by molar-refractivity contribution is 0.0543. The van der Waals surface area contributed by atoms with E-state index in [9.17, 15) is 14.7 Å². The molecule has 2 saturated heterocycles. The molecule has 1 aromatic heterocycles. The second-order valence-electron chi connectivity index (χ2n) is 7.61. The van der Waals surface area contributed by atoms with E-state index in [4.69, 9.17) is 4.42 Å². The van der Waals surface area contributed by atoms with Crippen LogP contribution in [0.1, 0.15) is 41.1 Å². The van der Waals surface area contributed by atoms with E-state index < -0.39 is 0 Å². The predicted molar refractivity (Wildman–Crippen MR) is 97.0 cm³/mol. The number of carbonyl (C=O) groups is 1. The number of nitrogens with zero attached hydrogens (tertiary/aromatic N) is 1. The van der Waals surface area contributed by atoms with Crippen molar-refractivity contribution in [3.05, 3.63) is 69.8 Å². The lowest BCUT2D eigenvalue weighted by Gasteiger charge is -2.36. The van der Waals surface area contributed by atoms with Gasteiger partial charge in [-0.1, -0.05) is 30.3 Å². The van der Waals surface area contributed by atoms with Gasteiger partial charge in [-0.15, -0.1) is 0 Å². The Kier molecular flexibility index (Phi) is 4.19. The van der Waals surface area contributed by atoms with Crippen LogP contribution in [0.5, 0.6) is 0 Å². The van der Waals surface area contributed by atoms with Gasteiger partial charge in [0.2, 0.25) is 0 Å². The minimum atomic E-state index is -0.329. The summed E-state index contributed by atoms with van der Waals surface area (Å²) in [7, 11) is 0. The highest BCUT2D eigenvalue weighted by Gasteiger charge is 2.57. The first-order valence-corrected chi connectivity index (χ1v) is 9.12. The molecule has 0 radical (unpaired) electrons. The monoisotopic (exact) mass is 353 g/mol. The minimum absolute atomic E-state index is 0.0315. The van der Waals surface area contributed by atoms with Crippen molar-refractivity contribution in [3.63, 3.8) is 0 Å². The van der Waals surface area contributed by atoms with Gasteiger partial charge >= 0.3 is 0 Å². The van der Waals surface area contributed by atoms with Crippen molar-refractivity contribution in [2.45, 2.75) is 44.7 Å². The number of carbonyl (C=O) groups excluding carboxylic acids is 1. The zero-order valence-corrected chi connectivity index (χ0v) is 14.9. The molecule has 136 valence electrons. The number of benzene rings is 1. The molecule has 2 aliphatic heterocycles. The number of hydrogen-bond donors (Lipinski definition) is 1. The van der Waals surface area contributed by atoms with Crippen molar-refractivity contribution in [1.82, 2.24) is 4.90 Å². The second-order valence-corrected chi connectivity index (χ2v) is 7.61. The molecule has 1 N–H and O–H groups in total. The van der Waals surface area contributed by atoms with Crippen molar-refractivity contribution in [1.29, 1.82) is 0 Å². The van der Waals surface area contributed by atoms with Crippen LogP contribution in [0.2, 0.25) is 0 Å². The van der Waals surface area contributed by atoms with Gasteiger partial charge in [-0.25, -0.2) is 0 Å². The molecule has 3 atom stereocenters. The Labute approximate surface area is 152 Å². The third-order valence-corrected chi connectivity index (χ3v) is 5.90. The topological polar surface area (TPSA) is 70.8 Å². The van der Waals surface area contributed by atoms with Crippen LogP contribution in [-0.4, -0.2) is 34.6 Å². The molecule has 26 heavy (non-hydrogen) atoms. The number of rotatable bonds is 4. The molecular formula is C21H23NO4. The van der Waals surface area contributed by atoms with Gasteiger partial charge in [0.25, 0.3) is 5.91 Å². The van der Waals surface area contributed by atoms with E-state index in [-0.39, 0.29) is 41.2 Å². The highest BCUT2D eigenvalue weighted by molar-refractivity contribution is 5.92. The van der Waals surface area contributed by atoms with Crippen LogP contribution in [0.4, 0.5) is 0 Å². The average Bonchev–Trinajstić information content (AvgIpc) is 3.17. The summed E-state index contributed by atoms with van der Waals surface area (Å²) >= 11 is 0. The SMILES string of the molecule is Cc1cc(=O)cc(C(=O)N2[C@@H]3CC[C@H]2[C@](CO)(Cc2ccccc2)C3)o1. The molecule has 4 rings (SSSR count). The maximum absolute atomic E-state index is 13.1. The number of amides is 1. The maximum atomic E-state index is 13.1. The van der Waals surface area contributed by atoms with Gasteiger partial charge in [-0.3, -0.25) is 9.59 Å². The average molecular weight is 353 g/mol.